The Hall–Kier alpha value is -3.55. The van der Waals surface area contributed by atoms with Crippen molar-refractivity contribution in [2.24, 2.45) is 0 Å². The minimum atomic E-state index is -0.527. The topological polar surface area (TPSA) is 103 Å². The van der Waals surface area contributed by atoms with Crippen LogP contribution in [0.15, 0.2) is 48.5 Å². The van der Waals surface area contributed by atoms with Crippen LogP contribution in [0.4, 0.5) is 0 Å². The minimum absolute atomic E-state index is 0.301. The van der Waals surface area contributed by atoms with Gasteiger partial charge < -0.3 is 14.2 Å². The number of hydrogen-bond acceptors (Lipinski definition) is 6. The molecule has 2 amide bonds. The van der Waals surface area contributed by atoms with Crippen LogP contribution in [-0.4, -0.2) is 37.6 Å². The average molecular weight is 443 g/mol. The molecule has 2 N–H and O–H groups in total. The summed E-state index contributed by atoms with van der Waals surface area (Å²) in [6, 6.07) is 12.9. The van der Waals surface area contributed by atoms with Crippen LogP contribution in [0.3, 0.4) is 0 Å². The molecule has 0 saturated heterocycles. The molecule has 0 heterocycles. The molecule has 2 rings (SSSR count). The summed E-state index contributed by atoms with van der Waals surface area (Å²) in [6.07, 6.45) is 3.98. The summed E-state index contributed by atoms with van der Waals surface area (Å²) in [6.45, 7) is 4.74. The highest BCUT2D eigenvalue weighted by molar-refractivity contribution is 5.95. The lowest BCUT2D eigenvalue weighted by Crippen LogP contribution is -2.43. The van der Waals surface area contributed by atoms with Gasteiger partial charge in [-0.15, -0.1) is 0 Å². The molecular formula is C24H30N2O6. The van der Waals surface area contributed by atoms with E-state index >= 15 is 0 Å². The standard InChI is InChI=1S/C24H30N2O6/c1-3-5-6-16-30-20-11-7-18(8-12-20)23(28)26-25-22(27)17-32-21-13-9-19(10-14-21)24(29)31-15-4-2/h7-14H,3-6,15-17H2,1-2H3,(H,25,27)(H,26,28). The predicted molar refractivity (Wildman–Crippen MR) is 120 cm³/mol. The zero-order chi connectivity index (χ0) is 23.2. The van der Waals surface area contributed by atoms with Crippen molar-refractivity contribution in [3.05, 3.63) is 59.7 Å². The lowest BCUT2D eigenvalue weighted by molar-refractivity contribution is -0.123. The fourth-order valence-corrected chi connectivity index (χ4v) is 2.59. The molecule has 0 aliphatic heterocycles. The molecule has 2 aromatic rings. The predicted octanol–water partition coefficient (Wildman–Crippen LogP) is 3.66. The van der Waals surface area contributed by atoms with E-state index in [9.17, 15) is 14.4 Å². The number of ether oxygens (including phenoxy) is 3. The number of hydrogen-bond donors (Lipinski definition) is 2. The number of benzene rings is 2. The van der Waals surface area contributed by atoms with Gasteiger partial charge >= 0.3 is 5.97 Å². The van der Waals surface area contributed by atoms with E-state index in [-0.39, 0.29) is 6.61 Å². The van der Waals surface area contributed by atoms with Gasteiger partial charge in [-0.25, -0.2) is 4.79 Å². The van der Waals surface area contributed by atoms with Crippen LogP contribution >= 0.6 is 0 Å². The monoisotopic (exact) mass is 442 g/mol. The first kappa shape index (κ1) is 24.7. The number of rotatable bonds is 12. The Balaban J connectivity index is 1.71. The van der Waals surface area contributed by atoms with Crippen LogP contribution in [0.25, 0.3) is 0 Å². The van der Waals surface area contributed by atoms with Crippen LogP contribution in [0.1, 0.15) is 60.2 Å². The summed E-state index contributed by atoms with van der Waals surface area (Å²) in [5.41, 5.74) is 5.42. The van der Waals surface area contributed by atoms with Crippen molar-refractivity contribution in [3.63, 3.8) is 0 Å². The largest absolute Gasteiger partial charge is 0.494 e. The van der Waals surface area contributed by atoms with Crippen LogP contribution in [0.2, 0.25) is 0 Å². The smallest absolute Gasteiger partial charge is 0.338 e. The lowest BCUT2D eigenvalue weighted by atomic mass is 10.2. The molecule has 0 atom stereocenters. The maximum atomic E-state index is 12.2. The Morgan fingerprint density at radius 1 is 0.719 bits per heavy atom. The summed E-state index contributed by atoms with van der Waals surface area (Å²) < 4.78 is 16.0. The number of carbonyl (C=O) groups excluding carboxylic acids is 3. The van der Waals surface area contributed by atoms with Gasteiger partial charge in [0.05, 0.1) is 18.8 Å². The maximum Gasteiger partial charge on any atom is 0.338 e. The normalized spacial score (nSPS) is 10.2. The van der Waals surface area contributed by atoms with Crippen molar-refractivity contribution in [2.45, 2.75) is 39.5 Å². The molecule has 0 aliphatic rings. The first-order valence-electron chi connectivity index (χ1n) is 10.8. The molecule has 0 aromatic heterocycles. The van der Waals surface area contributed by atoms with E-state index in [2.05, 4.69) is 17.8 Å². The van der Waals surface area contributed by atoms with Crippen molar-refractivity contribution < 1.29 is 28.6 Å². The third-order valence-corrected chi connectivity index (χ3v) is 4.35. The average Bonchev–Trinajstić information content (AvgIpc) is 2.83. The molecular weight excluding hydrogens is 412 g/mol. The highest BCUT2D eigenvalue weighted by Crippen LogP contribution is 2.14. The second-order valence-electron chi connectivity index (χ2n) is 7.03. The van der Waals surface area contributed by atoms with E-state index in [4.69, 9.17) is 14.2 Å². The molecule has 0 spiro atoms. The molecule has 0 aliphatic carbocycles. The summed E-state index contributed by atoms with van der Waals surface area (Å²) >= 11 is 0. The zero-order valence-electron chi connectivity index (χ0n) is 18.5. The highest BCUT2D eigenvalue weighted by Gasteiger charge is 2.10. The van der Waals surface area contributed by atoms with Gasteiger partial charge in [-0.05, 0) is 61.4 Å². The summed E-state index contributed by atoms with van der Waals surface area (Å²) in [5, 5.41) is 0. The third kappa shape index (κ3) is 8.67. The van der Waals surface area contributed by atoms with Crippen molar-refractivity contribution in [3.8, 4) is 11.5 Å². The molecule has 8 heteroatoms. The van der Waals surface area contributed by atoms with Crippen molar-refractivity contribution in [2.75, 3.05) is 19.8 Å². The van der Waals surface area contributed by atoms with E-state index in [1.165, 1.54) is 0 Å². The second kappa shape index (κ2) is 13.7. The van der Waals surface area contributed by atoms with E-state index in [0.717, 1.165) is 25.7 Å². The van der Waals surface area contributed by atoms with Gasteiger partial charge in [0.15, 0.2) is 6.61 Å². The maximum absolute atomic E-state index is 12.2. The van der Waals surface area contributed by atoms with E-state index in [0.29, 0.717) is 35.8 Å². The SMILES string of the molecule is CCCCCOc1ccc(C(=O)NNC(=O)COc2ccc(C(=O)OCCC)cc2)cc1. The number of hydrazine groups is 1. The van der Waals surface area contributed by atoms with E-state index in [1.54, 1.807) is 48.5 Å². The fraction of sp³-hybridized carbons (Fsp3) is 0.375. The molecule has 0 unspecified atom stereocenters. The molecule has 2 aromatic carbocycles. The Kier molecular flexibility index (Phi) is 10.6. The van der Waals surface area contributed by atoms with Gasteiger partial charge in [-0.3, -0.25) is 20.4 Å². The molecule has 0 radical (unpaired) electrons. The van der Waals surface area contributed by atoms with Crippen LogP contribution in [-0.2, 0) is 9.53 Å². The Morgan fingerprint density at radius 2 is 1.34 bits per heavy atom. The quantitative estimate of drug-likeness (QED) is 0.295. The summed E-state index contributed by atoms with van der Waals surface area (Å²) in [7, 11) is 0. The van der Waals surface area contributed by atoms with Crippen LogP contribution < -0.4 is 20.3 Å². The number of esters is 1. The van der Waals surface area contributed by atoms with E-state index in [1.807, 2.05) is 6.92 Å². The molecule has 32 heavy (non-hydrogen) atoms. The van der Waals surface area contributed by atoms with Gasteiger partial charge in [-0.2, -0.15) is 0 Å². The fourth-order valence-electron chi connectivity index (χ4n) is 2.59. The number of carbonyl (C=O) groups is 3. The third-order valence-electron chi connectivity index (χ3n) is 4.35. The Morgan fingerprint density at radius 3 is 1.97 bits per heavy atom. The summed E-state index contributed by atoms with van der Waals surface area (Å²) in [4.78, 5) is 35.8. The van der Waals surface area contributed by atoms with Gasteiger partial charge in [-0.1, -0.05) is 26.7 Å². The highest BCUT2D eigenvalue weighted by atomic mass is 16.5. The first-order chi connectivity index (χ1) is 15.5. The Labute approximate surface area is 188 Å². The molecule has 8 nitrogen and oxygen atoms in total. The second-order valence-corrected chi connectivity index (χ2v) is 7.03. The van der Waals surface area contributed by atoms with Crippen molar-refractivity contribution >= 4 is 17.8 Å². The lowest BCUT2D eigenvalue weighted by Gasteiger charge is -2.10. The van der Waals surface area contributed by atoms with Gasteiger partial charge in [0.2, 0.25) is 0 Å². The van der Waals surface area contributed by atoms with Crippen molar-refractivity contribution in [1.82, 2.24) is 10.9 Å². The molecule has 0 saturated carbocycles. The first-order valence-corrected chi connectivity index (χ1v) is 10.8. The Bertz CT molecular complexity index is 865. The molecule has 0 bridgehead atoms. The molecule has 0 fully saturated rings. The number of amides is 2. The zero-order valence-corrected chi connectivity index (χ0v) is 18.5. The van der Waals surface area contributed by atoms with Crippen LogP contribution in [0, 0.1) is 0 Å². The molecule has 172 valence electrons. The van der Waals surface area contributed by atoms with Gasteiger partial charge in [0, 0.05) is 5.56 Å². The van der Waals surface area contributed by atoms with Gasteiger partial charge in [0.25, 0.3) is 11.8 Å². The van der Waals surface area contributed by atoms with Gasteiger partial charge in [0.1, 0.15) is 11.5 Å². The number of nitrogens with one attached hydrogen (secondary N) is 2. The summed E-state index contributed by atoms with van der Waals surface area (Å²) in [5.74, 6) is -0.283. The van der Waals surface area contributed by atoms with Crippen molar-refractivity contribution in [1.29, 1.82) is 0 Å². The van der Waals surface area contributed by atoms with Crippen LogP contribution in [0.5, 0.6) is 11.5 Å². The minimum Gasteiger partial charge on any atom is -0.494 e. The number of unbranched alkanes of at least 4 members (excludes halogenated alkanes) is 2. The van der Waals surface area contributed by atoms with E-state index < -0.39 is 17.8 Å².